The highest BCUT2D eigenvalue weighted by Gasteiger charge is 2.30. The molecule has 0 bridgehead atoms. The zero-order valence-electron chi connectivity index (χ0n) is 9.33. The molecule has 0 saturated heterocycles. The van der Waals surface area contributed by atoms with Crippen LogP contribution in [0, 0.1) is 11.8 Å². The molecule has 0 atom stereocenters. The SMILES string of the molecule is CC(C)C1CC(Nc2ccc(Cl)cc2)C1. The van der Waals surface area contributed by atoms with Gasteiger partial charge in [-0.25, -0.2) is 0 Å². The van der Waals surface area contributed by atoms with E-state index in [-0.39, 0.29) is 0 Å². The number of benzene rings is 1. The standard InChI is InChI=1S/C13H18ClN/c1-9(2)10-7-13(8-10)15-12-5-3-11(14)4-6-12/h3-6,9-10,13,15H,7-8H2,1-2H3. The summed E-state index contributed by atoms with van der Waals surface area (Å²) in [5.41, 5.74) is 1.19. The molecule has 0 spiro atoms. The lowest BCUT2D eigenvalue weighted by molar-refractivity contribution is 0.212. The first-order valence-electron chi connectivity index (χ1n) is 5.67. The highest BCUT2D eigenvalue weighted by molar-refractivity contribution is 6.30. The van der Waals surface area contributed by atoms with Gasteiger partial charge in [-0.05, 0) is 48.9 Å². The fourth-order valence-corrected chi connectivity index (χ4v) is 2.23. The Morgan fingerprint density at radius 3 is 2.33 bits per heavy atom. The van der Waals surface area contributed by atoms with Crippen LogP contribution in [0.5, 0.6) is 0 Å². The second kappa shape index (κ2) is 4.44. The summed E-state index contributed by atoms with van der Waals surface area (Å²) >= 11 is 5.83. The molecule has 2 heteroatoms. The summed E-state index contributed by atoms with van der Waals surface area (Å²) in [6.07, 6.45) is 2.61. The first-order valence-corrected chi connectivity index (χ1v) is 6.05. The molecule has 15 heavy (non-hydrogen) atoms. The third-order valence-electron chi connectivity index (χ3n) is 3.33. The van der Waals surface area contributed by atoms with Crippen molar-refractivity contribution in [2.45, 2.75) is 32.7 Å². The van der Waals surface area contributed by atoms with Crippen molar-refractivity contribution in [3.8, 4) is 0 Å². The Labute approximate surface area is 96.8 Å². The van der Waals surface area contributed by atoms with Crippen LogP contribution >= 0.6 is 11.6 Å². The molecule has 0 heterocycles. The summed E-state index contributed by atoms with van der Waals surface area (Å²) in [5.74, 6) is 1.74. The van der Waals surface area contributed by atoms with Crippen LogP contribution < -0.4 is 5.32 Å². The number of halogens is 1. The van der Waals surface area contributed by atoms with E-state index in [0.717, 1.165) is 16.9 Å². The average molecular weight is 224 g/mol. The number of anilines is 1. The normalized spacial score (nSPS) is 25.1. The van der Waals surface area contributed by atoms with Gasteiger partial charge in [0, 0.05) is 16.8 Å². The van der Waals surface area contributed by atoms with Gasteiger partial charge in [0.25, 0.3) is 0 Å². The zero-order chi connectivity index (χ0) is 10.8. The van der Waals surface area contributed by atoms with Crippen molar-refractivity contribution in [2.24, 2.45) is 11.8 Å². The van der Waals surface area contributed by atoms with E-state index >= 15 is 0 Å². The van der Waals surface area contributed by atoms with E-state index in [4.69, 9.17) is 11.6 Å². The minimum atomic E-state index is 0.665. The molecule has 1 N–H and O–H groups in total. The van der Waals surface area contributed by atoms with Gasteiger partial charge < -0.3 is 5.32 Å². The van der Waals surface area contributed by atoms with E-state index in [0.29, 0.717) is 6.04 Å². The molecule has 82 valence electrons. The molecule has 0 amide bonds. The average Bonchev–Trinajstić information content (AvgIpc) is 2.13. The molecule has 1 aliphatic carbocycles. The lowest BCUT2D eigenvalue weighted by atomic mass is 9.73. The van der Waals surface area contributed by atoms with Crippen molar-refractivity contribution in [3.05, 3.63) is 29.3 Å². The summed E-state index contributed by atoms with van der Waals surface area (Å²) < 4.78 is 0. The maximum atomic E-state index is 5.83. The van der Waals surface area contributed by atoms with Gasteiger partial charge in [0.05, 0.1) is 0 Å². The van der Waals surface area contributed by atoms with Crippen molar-refractivity contribution in [3.63, 3.8) is 0 Å². The quantitative estimate of drug-likeness (QED) is 0.811. The molecular weight excluding hydrogens is 206 g/mol. The maximum Gasteiger partial charge on any atom is 0.0407 e. The largest absolute Gasteiger partial charge is 0.382 e. The molecule has 0 unspecified atom stereocenters. The Hall–Kier alpha value is -0.690. The zero-order valence-corrected chi connectivity index (χ0v) is 10.1. The Morgan fingerprint density at radius 2 is 1.80 bits per heavy atom. The third kappa shape index (κ3) is 2.66. The molecule has 1 fully saturated rings. The van der Waals surface area contributed by atoms with E-state index in [1.54, 1.807) is 0 Å². The van der Waals surface area contributed by atoms with Crippen molar-refractivity contribution < 1.29 is 0 Å². The molecular formula is C13H18ClN. The van der Waals surface area contributed by atoms with E-state index < -0.39 is 0 Å². The first-order chi connectivity index (χ1) is 7.15. The Kier molecular flexibility index (Phi) is 3.20. The molecule has 1 aromatic carbocycles. The van der Waals surface area contributed by atoms with Gasteiger partial charge in [0.1, 0.15) is 0 Å². The highest BCUT2D eigenvalue weighted by Crippen LogP contribution is 2.35. The minimum Gasteiger partial charge on any atom is -0.382 e. The summed E-state index contributed by atoms with van der Waals surface area (Å²) in [4.78, 5) is 0. The van der Waals surface area contributed by atoms with Crippen LogP contribution in [-0.2, 0) is 0 Å². The van der Waals surface area contributed by atoms with E-state index in [2.05, 4.69) is 19.2 Å². The third-order valence-corrected chi connectivity index (χ3v) is 3.58. The van der Waals surface area contributed by atoms with Gasteiger partial charge in [-0.3, -0.25) is 0 Å². The lowest BCUT2D eigenvalue weighted by Crippen LogP contribution is -2.37. The first kappa shape index (κ1) is 10.8. The topological polar surface area (TPSA) is 12.0 Å². The molecule has 0 aromatic heterocycles. The van der Waals surface area contributed by atoms with Gasteiger partial charge >= 0.3 is 0 Å². The fraction of sp³-hybridized carbons (Fsp3) is 0.538. The summed E-state index contributed by atoms with van der Waals surface area (Å²) in [6.45, 7) is 4.62. The summed E-state index contributed by atoms with van der Waals surface area (Å²) in [7, 11) is 0. The van der Waals surface area contributed by atoms with Crippen molar-refractivity contribution >= 4 is 17.3 Å². The van der Waals surface area contributed by atoms with E-state index in [9.17, 15) is 0 Å². The highest BCUT2D eigenvalue weighted by atomic mass is 35.5. The van der Waals surface area contributed by atoms with E-state index in [1.807, 2.05) is 24.3 Å². The predicted octanol–water partition coefficient (Wildman–Crippen LogP) is 4.19. The van der Waals surface area contributed by atoms with Crippen molar-refractivity contribution in [2.75, 3.05) is 5.32 Å². The molecule has 1 nitrogen and oxygen atoms in total. The van der Waals surface area contributed by atoms with Gasteiger partial charge in [0.2, 0.25) is 0 Å². The molecule has 2 rings (SSSR count). The molecule has 0 radical (unpaired) electrons. The predicted molar refractivity (Wildman–Crippen MR) is 66.4 cm³/mol. The van der Waals surface area contributed by atoms with Crippen molar-refractivity contribution in [1.82, 2.24) is 0 Å². The molecule has 1 aromatic rings. The number of rotatable bonds is 3. The minimum absolute atomic E-state index is 0.665. The second-order valence-corrected chi connectivity index (χ2v) is 5.26. The van der Waals surface area contributed by atoms with E-state index in [1.165, 1.54) is 18.5 Å². The fourth-order valence-electron chi connectivity index (χ4n) is 2.11. The number of hydrogen-bond acceptors (Lipinski definition) is 1. The Balaban J connectivity index is 1.82. The van der Waals surface area contributed by atoms with Gasteiger partial charge in [-0.2, -0.15) is 0 Å². The summed E-state index contributed by atoms with van der Waals surface area (Å²) in [5, 5.41) is 4.33. The summed E-state index contributed by atoms with van der Waals surface area (Å²) in [6, 6.07) is 8.62. The lowest BCUT2D eigenvalue weighted by Gasteiger charge is -2.39. The van der Waals surface area contributed by atoms with Crippen LogP contribution in [0.1, 0.15) is 26.7 Å². The van der Waals surface area contributed by atoms with Crippen LogP contribution in [0.3, 0.4) is 0 Å². The van der Waals surface area contributed by atoms with Crippen LogP contribution in [-0.4, -0.2) is 6.04 Å². The van der Waals surface area contributed by atoms with Crippen LogP contribution in [0.4, 0.5) is 5.69 Å². The number of nitrogens with one attached hydrogen (secondary N) is 1. The maximum absolute atomic E-state index is 5.83. The van der Waals surface area contributed by atoms with Crippen LogP contribution in [0.15, 0.2) is 24.3 Å². The van der Waals surface area contributed by atoms with Gasteiger partial charge in [-0.15, -0.1) is 0 Å². The molecule has 1 aliphatic rings. The Morgan fingerprint density at radius 1 is 1.20 bits per heavy atom. The van der Waals surface area contributed by atoms with Crippen molar-refractivity contribution in [1.29, 1.82) is 0 Å². The smallest absolute Gasteiger partial charge is 0.0407 e. The second-order valence-electron chi connectivity index (χ2n) is 4.82. The van der Waals surface area contributed by atoms with Gasteiger partial charge in [0.15, 0.2) is 0 Å². The van der Waals surface area contributed by atoms with Crippen LogP contribution in [0.25, 0.3) is 0 Å². The molecule has 1 saturated carbocycles. The van der Waals surface area contributed by atoms with Gasteiger partial charge in [-0.1, -0.05) is 25.4 Å². The van der Waals surface area contributed by atoms with Crippen LogP contribution in [0.2, 0.25) is 5.02 Å². The number of hydrogen-bond donors (Lipinski definition) is 1. The Bertz CT molecular complexity index is 312. The molecule has 0 aliphatic heterocycles. The monoisotopic (exact) mass is 223 g/mol.